The monoisotopic (exact) mass is 243 g/mol. The molecule has 0 aliphatic rings. The summed E-state index contributed by atoms with van der Waals surface area (Å²) in [6, 6.07) is 0. The average molecular weight is 243 g/mol. The van der Waals surface area contributed by atoms with Gasteiger partial charge in [-0.15, -0.1) is 0 Å². The van der Waals surface area contributed by atoms with Crippen LogP contribution in [0, 0.1) is 11.8 Å². The van der Waals surface area contributed by atoms with E-state index in [0.717, 1.165) is 18.0 Å². The van der Waals surface area contributed by atoms with Gasteiger partial charge in [-0.2, -0.15) is 0 Å². The molecule has 0 aliphatic heterocycles. The van der Waals surface area contributed by atoms with E-state index in [1.165, 1.54) is 0 Å². The lowest BCUT2D eigenvalue weighted by molar-refractivity contribution is -0.117. The average Bonchev–Trinajstić information content (AvgIpc) is 2.68. The highest BCUT2D eigenvalue weighted by molar-refractivity contribution is 7.09. The van der Waals surface area contributed by atoms with E-state index in [1.54, 1.807) is 0 Å². The maximum atomic E-state index is 11.6. The Labute approximate surface area is 98.8 Å². The third kappa shape index (κ3) is 4.63. The SMILES string of the molecule is CC(C)C[C@H](CN)CC(=O)Nc1nnns1. The number of carbonyl (C=O) groups is 1. The van der Waals surface area contributed by atoms with Crippen molar-refractivity contribution in [3.05, 3.63) is 0 Å². The first-order chi connectivity index (χ1) is 7.61. The molecule has 0 bridgehead atoms. The van der Waals surface area contributed by atoms with Crippen LogP contribution in [0.3, 0.4) is 0 Å². The zero-order valence-corrected chi connectivity index (χ0v) is 10.3. The van der Waals surface area contributed by atoms with Crippen LogP contribution in [0.2, 0.25) is 0 Å². The van der Waals surface area contributed by atoms with Crippen molar-refractivity contribution in [1.82, 2.24) is 14.8 Å². The van der Waals surface area contributed by atoms with Gasteiger partial charge >= 0.3 is 0 Å². The van der Waals surface area contributed by atoms with Gasteiger partial charge < -0.3 is 5.73 Å². The normalized spacial score (nSPS) is 12.8. The molecule has 1 amide bonds. The van der Waals surface area contributed by atoms with Gasteiger partial charge in [0.25, 0.3) is 0 Å². The van der Waals surface area contributed by atoms with Crippen molar-refractivity contribution in [2.24, 2.45) is 17.6 Å². The number of nitrogens with two attached hydrogens (primary N) is 1. The van der Waals surface area contributed by atoms with Gasteiger partial charge in [0.05, 0.1) is 0 Å². The second-order valence-electron chi connectivity index (χ2n) is 4.15. The molecule has 1 atom stereocenters. The molecule has 1 aromatic heterocycles. The fourth-order valence-corrected chi connectivity index (χ4v) is 1.93. The first kappa shape index (κ1) is 13.0. The second kappa shape index (κ2) is 6.49. The summed E-state index contributed by atoms with van der Waals surface area (Å²) in [6.07, 6.45) is 1.38. The molecule has 16 heavy (non-hydrogen) atoms. The first-order valence-electron chi connectivity index (χ1n) is 5.26. The van der Waals surface area contributed by atoms with Crippen LogP contribution in [0.5, 0.6) is 0 Å². The van der Waals surface area contributed by atoms with E-state index in [4.69, 9.17) is 5.73 Å². The van der Waals surface area contributed by atoms with Crippen molar-refractivity contribution in [1.29, 1.82) is 0 Å². The summed E-state index contributed by atoms with van der Waals surface area (Å²) in [5.74, 6) is 0.695. The molecule has 90 valence electrons. The molecule has 0 unspecified atom stereocenters. The van der Waals surface area contributed by atoms with Crippen LogP contribution in [-0.4, -0.2) is 27.3 Å². The van der Waals surface area contributed by atoms with Crippen LogP contribution >= 0.6 is 11.5 Å². The third-order valence-electron chi connectivity index (χ3n) is 2.16. The van der Waals surface area contributed by atoms with Crippen molar-refractivity contribution >= 4 is 22.6 Å². The molecule has 3 N–H and O–H groups in total. The van der Waals surface area contributed by atoms with E-state index < -0.39 is 0 Å². The number of carbonyl (C=O) groups excluding carboxylic acids is 1. The second-order valence-corrected chi connectivity index (χ2v) is 4.88. The summed E-state index contributed by atoms with van der Waals surface area (Å²) >= 11 is 1.06. The summed E-state index contributed by atoms with van der Waals surface area (Å²) < 4.78 is 3.56. The smallest absolute Gasteiger partial charge is 0.231 e. The number of rotatable bonds is 6. The lowest BCUT2D eigenvalue weighted by Gasteiger charge is -2.15. The Balaban J connectivity index is 2.37. The molecule has 6 nitrogen and oxygen atoms in total. The molecule has 0 spiro atoms. The number of nitrogens with zero attached hydrogens (tertiary/aromatic N) is 3. The maximum Gasteiger partial charge on any atom is 0.231 e. The van der Waals surface area contributed by atoms with Gasteiger partial charge in [0, 0.05) is 18.0 Å². The van der Waals surface area contributed by atoms with Crippen LogP contribution in [0.25, 0.3) is 0 Å². The first-order valence-corrected chi connectivity index (χ1v) is 6.04. The van der Waals surface area contributed by atoms with Gasteiger partial charge in [0.2, 0.25) is 11.0 Å². The summed E-state index contributed by atoms with van der Waals surface area (Å²) in [6.45, 7) is 4.77. The fraction of sp³-hybridized carbons (Fsp3) is 0.778. The third-order valence-corrected chi connectivity index (χ3v) is 2.67. The molecule has 0 aliphatic carbocycles. The number of aromatic nitrogens is 3. The minimum Gasteiger partial charge on any atom is -0.330 e. The van der Waals surface area contributed by atoms with Gasteiger partial charge in [0.1, 0.15) is 0 Å². The maximum absolute atomic E-state index is 11.6. The Bertz CT molecular complexity index is 314. The highest BCUT2D eigenvalue weighted by Gasteiger charge is 2.15. The van der Waals surface area contributed by atoms with Gasteiger partial charge in [-0.1, -0.05) is 23.4 Å². The van der Waals surface area contributed by atoms with Gasteiger partial charge in [-0.3, -0.25) is 10.1 Å². The minimum atomic E-state index is -0.0744. The lowest BCUT2D eigenvalue weighted by atomic mass is 9.94. The lowest BCUT2D eigenvalue weighted by Crippen LogP contribution is -2.23. The summed E-state index contributed by atoms with van der Waals surface area (Å²) in [5.41, 5.74) is 5.63. The zero-order chi connectivity index (χ0) is 12.0. The van der Waals surface area contributed by atoms with Gasteiger partial charge in [-0.25, -0.2) is 0 Å². The van der Waals surface area contributed by atoms with E-state index in [-0.39, 0.29) is 11.8 Å². The number of amides is 1. The van der Waals surface area contributed by atoms with E-state index >= 15 is 0 Å². The van der Waals surface area contributed by atoms with Crippen LogP contribution in [0.4, 0.5) is 5.13 Å². The molecular weight excluding hydrogens is 226 g/mol. The molecule has 0 saturated heterocycles. The van der Waals surface area contributed by atoms with E-state index in [9.17, 15) is 4.79 Å². The van der Waals surface area contributed by atoms with Crippen molar-refractivity contribution < 1.29 is 4.79 Å². The van der Waals surface area contributed by atoms with E-state index in [1.807, 2.05) is 0 Å². The van der Waals surface area contributed by atoms with Crippen molar-refractivity contribution in [3.8, 4) is 0 Å². The molecule has 0 radical (unpaired) electrons. The van der Waals surface area contributed by atoms with Crippen molar-refractivity contribution in [2.75, 3.05) is 11.9 Å². The number of hydrogen-bond donors (Lipinski definition) is 2. The molecule has 1 aromatic rings. The van der Waals surface area contributed by atoms with Crippen LogP contribution < -0.4 is 11.1 Å². The Hall–Kier alpha value is -1.08. The molecule has 0 fully saturated rings. The Morgan fingerprint density at radius 2 is 2.31 bits per heavy atom. The fourth-order valence-electron chi connectivity index (χ4n) is 1.54. The minimum absolute atomic E-state index is 0.0744. The zero-order valence-electron chi connectivity index (χ0n) is 9.51. The molecule has 7 heteroatoms. The van der Waals surface area contributed by atoms with Crippen LogP contribution in [-0.2, 0) is 4.79 Å². The molecule has 0 aromatic carbocycles. The van der Waals surface area contributed by atoms with Gasteiger partial charge in [-0.05, 0) is 30.0 Å². The van der Waals surface area contributed by atoms with Crippen molar-refractivity contribution in [3.63, 3.8) is 0 Å². The highest BCUT2D eigenvalue weighted by atomic mass is 32.1. The van der Waals surface area contributed by atoms with Crippen LogP contribution in [0.1, 0.15) is 26.7 Å². The highest BCUT2D eigenvalue weighted by Crippen LogP contribution is 2.15. The van der Waals surface area contributed by atoms with Gasteiger partial charge in [0.15, 0.2) is 0 Å². The largest absolute Gasteiger partial charge is 0.330 e. The summed E-state index contributed by atoms with van der Waals surface area (Å²) in [7, 11) is 0. The Morgan fingerprint density at radius 1 is 1.56 bits per heavy atom. The molecular formula is C9H17N5OS. The Kier molecular flexibility index (Phi) is 5.27. The topological polar surface area (TPSA) is 93.8 Å². The number of nitrogens with one attached hydrogen (secondary N) is 1. The Morgan fingerprint density at radius 3 is 2.81 bits per heavy atom. The molecule has 1 heterocycles. The predicted octanol–water partition coefficient (Wildman–Crippen LogP) is 0.883. The molecule has 0 saturated carbocycles. The van der Waals surface area contributed by atoms with E-state index in [2.05, 4.69) is 34.0 Å². The van der Waals surface area contributed by atoms with E-state index in [0.29, 0.717) is 24.0 Å². The summed E-state index contributed by atoms with van der Waals surface area (Å²) in [5, 5.41) is 10.1. The van der Waals surface area contributed by atoms with Crippen LogP contribution in [0.15, 0.2) is 0 Å². The summed E-state index contributed by atoms with van der Waals surface area (Å²) in [4.78, 5) is 11.6. The molecule has 1 rings (SSSR count). The standard InChI is InChI=1S/C9H17N5OS/c1-6(2)3-7(5-10)4-8(15)11-9-12-13-14-16-9/h6-7H,3-5,10H2,1-2H3,(H,11,12,14,15)/t7-/m0/s1. The van der Waals surface area contributed by atoms with Crippen molar-refractivity contribution in [2.45, 2.75) is 26.7 Å². The number of anilines is 1. The number of hydrogen-bond acceptors (Lipinski definition) is 6. The predicted molar refractivity (Wildman–Crippen MR) is 63.0 cm³/mol. The quantitative estimate of drug-likeness (QED) is 0.773.